The number of aromatic nitrogens is 2. The molecule has 5 nitrogen and oxygen atoms in total. The van der Waals surface area contributed by atoms with Gasteiger partial charge in [-0.15, -0.1) is 0 Å². The van der Waals surface area contributed by atoms with Crippen LogP contribution in [0.1, 0.15) is 39.0 Å². The molecule has 1 atom stereocenters. The number of hydrogen-bond donors (Lipinski definition) is 1. The van der Waals surface area contributed by atoms with Crippen LogP contribution >= 0.6 is 0 Å². The molecular weight excluding hydrogens is 240 g/mol. The topological polar surface area (TPSA) is 64.3 Å². The highest BCUT2D eigenvalue weighted by Crippen LogP contribution is 2.32. The molecule has 1 aromatic heterocycles. The normalized spacial score (nSPS) is 20.1. The number of hydrogen-bond acceptors (Lipinski definition) is 5. The first-order chi connectivity index (χ1) is 9.26. The Morgan fingerprint density at radius 3 is 2.95 bits per heavy atom. The summed E-state index contributed by atoms with van der Waals surface area (Å²) in [7, 11) is 1.62. The molecule has 106 valence electrons. The predicted molar refractivity (Wildman–Crippen MR) is 77.5 cm³/mol. The first-order valence-electron chi connectivity index (χ1n) is 7.15. The summed E-state index contributed by atoms with van der Waals surface area (Å²) in [4.78, 5) is 10.6. The van der Waals surface area contributed by atoms with Gasteiger partial charge in [-0.1, -0.05) is 19.8 Å². The van der Waals surface area contributed by atoms with Crippen LogP contribution in [-0.4, -0.2) is 30.2 Å². The van der Waals surface area contributed by atoms with E-state index in [-0.39, 0.29) is 0 Å². The molecule has 1 saturated heterocycles. The summed E-state index contributed by atoms with van der Waals surface area (Å²) in [5, 5.41) is 0. The summed E-state index contributed by atoms with van der Waals surface area (Å²) < 4.78 is 5.35. The summed E-state index contributed by atoms with van der Waals surface area (Å²) in [6.45, 7) is 4.31. The van der Waals surface area contributed by atoms with Gasteiger partial charge in [0.05, 0.1) is 7.11 Å². The number of nitrogen functional groups attached to an aromatic ring is 1. The molecule has 2 rings (SSSR count). The molecule has 0 radical (unpaired) electrons. The van der Waals surface area contributed by atoms with E-state index in [2.05, 4.69) is 21.8 Å². The third-order valence-corrected chi connectivity index (χ3v) is 3.86. The molecule has 0 saturated carbocycles. The van der Waals surface area contributed by atoms with Crippen LogP contribution in [0, 0.1) is 5.92 Å². The van der Waals surface area contributed by atoms with Crippen LogP contribution in [0.15, 0.2) is 6.33 Å². The molecule has 1 fully saturated rings. The van der Waals surface area contributed by atoms with Crippen molar-refractivity contribution >= 4 is 11.6 Å². The van der Waals surface area contributed by atoms with Crippen molar-refractivity contribution in [1.82, 2.24) is 9.97 Å². The van der Waals surface area contributed by atoms with Gasteiger partial charge in [0, 0.05) is 13.1 Å². The second kappa shape index (κ2) is 6.59. The highest BCUT2D eigenvalue weighted by molar-refractivity contribution is 5.62. The summed E-state index contributed by atoms with van der Waals surface area (Å²) in [5.41, 5.74) is 5.85. The Bertz CT molecular complexity index is 410. The smallest absolute Gasteiger partial charge is 0.204 e. The van der Waals surface area contributed by atoms with Crippen molar-refractivity contribution in [3.05, 3.63) is 6.33 Å². The van der Waals surface area contributed by atoms with Crippen LogP contribution in [-0.2, 0) is 0 Å². The molecule has 0 aliphatic carbocycles. The zero-order valence-corrected chi connectivity index (χ0v) is 11.9. The second-order valence-corrected chi connectivity index (χ2v) is 5.19. The van der Waals surface area contributed by atoms with Gasteiger partial charge < -0.3 is 15.4 Å². The molecule has 19 heavy (non-hydrogen) atoms. The fraction of sp³-hybridized carbons (Fsp3) is 0.714. The minimum Gasteiger partial charge on any atom is -0.490 e. The van der Waals surface area contributed by atoms with E-state index in [1.54, 1.807) is 7.11 Å². The number of nitrogens with two attached hydrogens (primary N) is 1. The maximum atomic E-state index is 5.85. The molecule has 2 N–H and O–H groups in total. The molecule has 0 amide bonds. The number of ether oxygens (including phenoxy) is 1. The molecule has 5 heteroatoms. The average Bonchev–Trinajstić information content (AvgIpc) is 2.64. The highest BCUT2D eigenvalue weighted by atomic mass is 16.5. The van der Waals surface area contributed by atoms with Crippen molar-refractivity contribution < 1.29 is 4.74 Å². The Kier molecular flexibility index (Phi) is 4.82. The van der Waals surface area contributed by atoms with Crippen molar-refractivity contribution in [2.75, 3.05) is 30.8 Å². The predicted octanol–water partition coefficient (Wildman–Crippen LogP) is 2.47. The van der Waals surface area contributed by atoms with Crippen molar-refractivity contribution in [3.8, 4) is 5.75 Å². The number of methoxy groups -OCH3 is 1. The summed E-state index contributed by atoms with van der Waals surface area (Å²) >= 11 is 0. The van der Waals surface area contributed by atoms with Gasteiger partial charge in [0.2, 0.25) is 5.75 Å². The van der Waals surface area contributed by atoms with Gasteiger partial charge in [0.1, 0.15) is 6.33 Å². The van der Waals surface area contributed by atoms with E-state index in [0.29, 0.717) is 11.6 Å². The first-order valence-corrected chi connectivity index (χ1v) is 7.15. The Labute approximate surface area is 115 Å². The van der Waals surface area contributed by atoms with Crippen LogP contribution in [0.4, 0.5) is 11.6 Å². The third-order valence-electron chi connectivity index (χ3n) is 3.86. The zero-order valence-electron chi connectivity index (χ0n) is 11.9. The van der Waals surface area contributed by atoms with E-state index < -0.39 is 0 Å². The van der Waals surface area contributed by atoms with Gasteiger partial charge in [-0.05, 0) is 25.2 Å². The van der Waals surface area contributed by atoms with E-state index >= 15 is 0 Å². The molecule has 1 aromatic rings. The Morgan fingerprint density at radius 2 is 2.21 bits per heavy atom. The standard InChI is InChI=1S/C14H24N4O/c1-3-5-11-6-4-8-18(9-7-11)14-12(19-2)13(15)16-10-17-14/h10-11H,3-9H2,1-2H3,(H2,15,16,17). The first kappa shape index (κ1) is 13.9. The lowest BCUT2D eigenvalue weighted by Gasteiger charge is -2.23. The van der Waals surface area contributed by atoms with Gasteiger partial charge in [0.15, 0.2) is 11.6 Å². The van der Waals surface area contributed by atoms with Crippen molar-refractivity contribution in [1.29, 1.82) is 0 Å². The molecule has 0 aromatic carbocycles. The number of rotatable bonds is 4. The van der Waals surface area contributed by atoms with Crippen molar-refractivity contribution in [3.63, 3.8) is 0 Å². The zero-order chi connectivity index (χ0) is 13.7. The average molecular weight is 264 g/mol. The highest BCUT2D eigenvalue weighted by Gasteiger charge is 2.21. The molecule has 0 bridgehead atoms. The van der Waals surface area contributed by atoms with Gasteiger partial charge in [-0.3, -0.25) is 0 Å². The molecule has 1 unspecified atom stereocenters. The number of nitrogens with zero attached hydrogens (tertiary/aromatic N) is 3. The van der Waals surface area contributed by atoms with Crippen LogP contribution in [0.25, 0.3) is 0 Å². The SMILES string of the molecule is CCCC1CCCN(c2ncnc(N)c2OC)CC1. The van der Waals surface area contributed by atoms with Crippen LogP contribution in [0.5, 0.6) is 5.75 Å². The van der Waals surface area contributed by atoms with Crippen LogP contribution < -0.4 is 15.4 Å². The monoisotopic (exact) mass is 264 g/mol. The lowest BCUT2D eigenvalue weighted by Crippen LogP contribution is -2.26. The van der Waals surface area contributed by atoms with E-state index in [9.17, 15) is 0 Å². The molecule has 1 aliphatic rings. The molecule has 0 spiro atoms. The maximum absolute atomic E-state index is 5.85. The van der Waals surface area contributed by atoms with E-state index in [4.69, 9.17) is 10.5 Å². The summed E-state index contributed by atoms with van der Waals surface area (Å²) in [6, 6.07) is 0. The Hall–Kier alpha value is -1.52. The molecule has 2 heterocycles. The van der Waals surface area contributed by atoms with Crippen LogP contribution in [0.2, 0.25) is 0 Å². The maximum Gasteiger partial charge on any atom is 0.204 e. The van der Waals surface area contributed by atoms with Crippen molar-refractivity contribution in [2.45, 2.75) is 39.0 Å². The molecule has 1 aliphatic heterocycles. The minimum atomic E-state index is 0.418. The Morgan fingerprint density at radius 1 is 1.37 bits per heavy atom. The van der Waals surface area contributed by atoms with Gasteiger partial charge in [-0.2, -0.15) is 0 Å². The van der Waals surface area contributed by atoms with Gasteiger partial charge in [-0.25, -0.2) is 9.97 Å². The fourth-order valence-corrected chi connectivity index (χ4v) is 2.87. The summed E-state index contributed by atoms with van der Waals surface area (Å²) in [6.07, 6.45) is 7.86. The van der Waals surface area contributed by atoms with Gasteiger partial charge >= 0.3 is 0 Å². The second-order valence-electron chi connectivity index (χ2n) is 5.19. The minimum absolute atomic E-state index is 0.418. The lowest BCUT2D eigenvalue weighted by molar-refractivity contribution is 0.412. The van der Waals surface area contributed by atoms with Crippen molar-refractivity contribution in [2.24, 2.45) is 5.92 Å². The largest absolute Gasteiger partial charge is 0.490 e. The quantitative estimate of drug-likeness (QED) is 0.905. The van der Waals surface area contributed by atoms with E-state index in [1.807, 2.05) is 0 Å². The Balaban J connectivity index is 2.12. The number of anilines is 2. The fourth-order valence-electron chi connectivity index (χ4n) is 2.87. The van der Waals surface area contributed by atoms with E-state index in [1.165, 1.54) is 38.4 Å². The lowest BCUT2D eigenvalue weighted by atomic mass is 9.96. The van der Waals surface area contributed by atoms with E-state index in [0.717, 1.165) is 24.8 Å². The summed E-state index contributed by atoms with van der Waals surface area (Å²) in [5.74, 6) is 2.71. The third kappa shape index (κ3) is 3.28. The van der Waals surface area contributed by atoms with Crippen LogP contribution in [0.3, 0.4) is 0 Å². The molecular formula is C14H24N4O. The van der Waals surface area contributed by atoms with Gasteiger partial charge in [0.25, 0.3) is 0 Å².